The second-order valence-corrected chi connectivity index (χ2v) is 5.88. The Morgan fingerprint density at radius 1 is 1.32 bits per heavy atom. The lowest BCUT2D eigenvalue weighted by atomic mass is 9.97. The molecule has 0 spiro atoms. The minimum atomic E-state index is -1.58. The van der Waals surface area contributed by atoms with Crippen LogP contribution in [0.2, 0.25) is 0 Å². The summed E-state index contributed by atoms with van der Waals surface area (Å²) < 4.78 is 0. The number of rotatable bonds is 9. The third-order valence-electron chi connectivity index (χ3n) is 3.52. The Kier molecular flexibility index (Phi) is 7.96. The highest BCUT2D eigenvalue weighted by molar-refractivity contribution is 6.18. The maximum atomic E-state index is 10.8. The Balaban J connectivity index is 2.95. The molecule has 1 aromatic carbocycles. The van der Waals surface area contributed by atoms with Crippen molar-refractivity contribution in [2.75, 3.05) is 29.7 Å². The van der Waals surface area contributed by atoms with Crippen molar-refractivity contribution in [1.82, 2.24) is 0 Å². The van der Waals surface area contributed by atoms with Gasteiger partial charge in [0.1, 0.15) is 0 Å². The van der Waals surface area contributed by atoms with Gasteiger partial charge >= 0.3 is 5.97 Å². The lowest BCUT2D eigenvalue weighted by Crippen LogP contribution is -2.42. The number of halogens is 2. The van der Waals surface area contributed by atoms with Gasteiger partial charge in [-0.1, -0.05) is 6.07 Å². The second-order valence-electron chi connectivity index (χ2n) is 5.13. The molecule has 1 rings (SSSR count). The molecule has 0 aliphatic heterocycles. The van der Waals surface area contributed by atoms with Gasteiger partial charge in [0.25, 0.3) is 0 Å². The van der Waals surface area contributed by atoms with E-state index in [9.17, 15) is 9.90 Å². The largest absolute Gasteiger partial charge is 0.479 e. The average molecular weight is 349 g/mol. The van der Waals surface area contributed by atoms with E-state index in [2.05, 4.69) is 4.90 Å². The van der Waals surface area contributed by atoms with Crippen molar-refractivity contribution in [3.8, 4) is 0 Å². The van der Waals surface area contributed by atoms with Crippen molar-refractivity contribution in [3.05, 3.63) is 29.3 Å². The summed E-state index contributed by atoms with van der Waals surface area (Å²) >= 11 is 11.6. The molecular formula is C15H22Cl2N2O3. The van der Waals surface area contributed by atoms with Crippen LogP contribution in [-0.4, -0.2) is 53.2 Å². The number of benzene rings is 1. The molecule has 0 bridgehead atoms. The molecule has 4 N–H and O–H groups in total. The Morgan fingerprint density at radius 2 is 1.91 bits per heavy atom. The van der Waals surface area contributed by atoms with Gasteiger partial charge in [-0.05, 0) is 36.6 Å². The van der Waals surface area contributed by atoms with Gasteiger partial charge in [-0.2, -0.15) is 0 Å². The van der Waals surface area contributed by atoms with Crippen LogP contribution in [0.4, 0.5) is 5.69 Å². The number of carboxylic acid groups (broad SMARTS) is 1. The van der Waals surface area contributed by atoms with Crippen LogP contribution in [0.1, 0.15) is 11.1 Å². The van der Waals surface area contributed by atoms with Crippen LogP contribution in [0.5, 0.6) is 0 Å². The smallest absolute Gasteiger partial charge is 0.334 e. The Labute approximate surface area is 140 Å². The quantitative estimate of drug-likeness (QED) is 0.590. The molecule has 0 heterocycles. The van der Waals surface area contributed by atoms with Crippen molar-refractivity contribution >= 4 is 34.9 Å². The molecule has 0 aliphatic rings. The molecule has 1 aromatic rings. The first-order chi connectivity index (χ1) is 10.4. The standard InChI is InChI=1S/C15H22Cl2N2O3/c1-10-2-3-12(19(6-4-16)7-5-17)8-11(10)9-13(18)14(20)15(21)22/h2-3,8,13-14,20H,4-7,9,18H2,1H3,(H,21,22). The average Bonchev–Trinajstić information content (AvgIpc) is 2.48. The van der Waals surface area contributed by atoms with E-state index >= 15 is 0 Å². The van der Waals surface area contributed by atoms with Crippen molar-refractivity contribution < 1.29 is 15.0 Å². The first kappa shape index (κ1) is 19.0. The molecule has 2 unspecified atom stereocenters. The number of nitrogens with zero attached hydrogens (tertiary/aromatic N) is 1. The van der Waals surface area contributed by atoms with Crippen molar-refractivity contribution in [2.24, 2.45) is 5.73 Å². The van der Waals surface area contributed by atoms with Crippen LogP contribution in [0, 0.1) is 6.92 Å². The molecule has 124 valence electrons. The van der Waals surface area contributed by atoms with E-state index in [0.29, 0.717) is 24.8 Å². The molecule has 0 aromatic heterocycles. The number of hydrogen-bond acceptors (Lipinski definition) is 4. The van der Waals surface area contributed by atoms with Gasteiger partial charge in [-0.25, -0.2) is 4.79 Å². The lowest BCUT2D eigenvalue weighted by molar-refractivity contribution is -0.147. The molecule has 0 fully saturated rings. The van der Waals surface area contributed by atoms with E-state index in [1.165, 1.54) is 0 Å². The van der Waals surface area contributed by atoms with Crippen LogP contribution in [0.15, 0.2) is 18.2 Å². The van der Waals surface area contributed by atoms with Crippen LogP contribution in [0.3, 0.4) is 0 Å². The normalized spacial score (nSPS) is 13.7. The molecule has 0 aliphatic carbocycles. The van der Waals surface area contributed by atoms with Gasteiger partial charge in [0, 0.05) is 36.6 Å². The second kappa shape index (κ2) is 9.20. The molecule has 22 heavy (non-hydrogen) atoms. The summed E-state index contributed by atoms with van der Waals surface area (Å²) in [6.45, 7) is 3.26. The van der Waals surface area contributed by atoms with Crippen molar-refractivity contribution in [3.63, 3.8) is 0 Å². The molecule has 5 nitrogen and oxygen atoms in total. The lowest BCUT2D eigenvalue weighted by Gasteiger charge is -2.25. The molecular weight excluding hydrogens is 327 g/mol. The molecule has 0 radical (unpaired) electrons. The minimum absolute atomic E-state index is 0.280. The summed E-state index contributed by atoms with van der Waals surface area (Å²) in [4.78, 5) is 12.9. The number of anilines is 1. The third-order valence-corrected chi connectivity index (χ3v) is 3.86. The van der Waals surface area contributed by atoms with Crippen LogP contribution < -0.4 is 10.6 Å². The number of carboxylic acids is 1. The fourth-order valence-corrected chi connectivity index (χ4v) is 2.61. The zero-order chi connectivity index (χ0) is 16.7. The molecule has 0 saturated heterocycles. The fourth-order valence-electron chi connectivity index (χ4n) is 2.20. The van der Waals surface area contributed by atoms with Crippen LogP contribution in [-0.2, 0) is 11.2 Å². The molecule has 0 amide bonds. The van der Waals surface area contributed by atoms with E-state index in [1.807, 2.05) is 25.1 Å². The SMILES string of the molecule is Cc1ccc(N(CCCl)CCCl)cc1CC(N)C(O)C(=O)O. The minimum Gasteiger partial charge on any atom is -0.479 e. The fraction of sp³-hybridized carbons (Fsp3) is 0.533. The number of hydrogen-bond donors (Lipinski definition) is 3. The monoisotopic (exact) mass is 348 g/mol. The van der Waals surface area contributed by atoms with Gasteiger partial charge in [0.15, 0.2) is 6.10 Å². The Bertz CT molecular complexity index is 494. The summed E-state index contributed by atoms with van der Waals surface area (Å²) in [6.07, 6.45) is -1.30. The summed E-state index contributed by atoms with van der Waals surface area (Å²) in [5.41, 5.74) is 8.63. The van der Waals surface area contributed by atoms with Gasteiger partial charge in [0.2, 0.25) is 0 Å². The number of aryl methyl sites for hydroxylation is 1. The first-order valence-electron chi connectivity index (χ1n) is 7.03. The van der Waals surface area contributed by atoms with E-state index < -0.39 is 18.1 Å². The number of aliphatic hydroxyl groups excluding tert-OH is 1. The predicted octanol–water partition coefficient (Wildman–Crippen LogP) is 1.59. The highest BCUT2D eigenvalue weighted by atomic mass is 35.5. The number of carbonyl (C=O) groups is 1. The third kappa shape index (κ3) is 5.32. The van der Waals surface area contributed by atoms with E-state index in [-0.39, 0.29) is 6.42 Å². The van der Waals surface area contributed by atoms with Gasteiger partial charge in [-0.3, -0.25) is 0 Å². The molecule has 0 saturated carbocycles. The van der Waals surface area contributed by atoms with Crippen LogP contribution >= 0.6 is 23.2 Å². The number of nitrogens with two attached hydrogens (primary N) is 1. The highest BCUT2D eigenvalue weighted by Gasteiger charge is 2.23. The molecule has 2 atom stereocenters. The number of aliphatic carboxylic acids is 1. The summed E-state index contributed by atoms with van der Waals surface area (Å²) in [6, 6.07) is 5.00. The van der Waals surface area contributed by atoms with E-state index in [1.54, 1.807) is 0 Å². The number of alkyl halides is 2. The Morgan fingerprint density at radius 3 is 2.41 bits per heavy atom. The maximum Gasteiger partial charge on any atom is 0.334 e. The Hall–Kier alpha value is -1.01. The van der Waals surface area contributed by atoms with E-state index in [0.717, 1.165) is 16.8 Å². The van der Waals surface area contributed by atoms with Crippen LogP contribution in [0.25, 0.3) is 0 Å². The maximum absolute atomic E-state index is 10.8. The summed E-state index contributed by atoms with van der Waals surface area (Å²) in [5, 5.41) is 18.3. The van der Waals surface area contributed by atoms with Gasteiger partial charge in [-0.15, -0.1) is 23.2 Å². The van der Waals surface area contributed by atoms with Gasteiger partial charge in [0.05, 0.1) is 0 Å². The van der Waals surface area contributed by atoms with Crippen molar-refractivity contribution in [1.29, 1.82) is 0 Å². The summed E-state index contributed by atoms with van der Waals surface area (Å²) in [5.74, 6) is -0.346. The number of aliphatic hydroxyl groups is 1. The first-order valence-corrected chi connectivity index (χ1v) is 8.10. The highest BCUT2D eigenvalue weighted by Crippen LogP contribution is 2.21. The predicted molar refractivity (Wildman–Crippen MR) is 90.2 cm³/mol. The summed E-state index contributed by atoms with van der Waals surface area (Å²) in [7, 11) is 0. The topological polar surface area (TPSA) is 86.8 Å². The zero-order valence-electron chi connectivity index (χ0n) is 12.5. The van der Waals surface area contributed by atoms with E-state index in [4.69, 9.17) is 34.0 Å². The zero-order valence-corrected chi connectivity index (χ0v) is 14.0. The molecule has 7 heteroatoms. The van der Waals surface area contributed by atoms with Gasteiger partial charge < -0.3 is 20.8 Å². The van der Waals surface area contributed by atoms with Crippen molar-refractivity contribution in [2.45, 2.75) is 25.5 Å².